The fraction of sp³-hybridized carbons (Fsp3) is 0.300. The molecule has 0 aromatic heterocycles. The minimum Gasteiger partial charge on any atom is -0.481 e. The van der Waals surface area contributed by atoms with Crippen molar-refractivity contribution in [2.24, 2.45) is 0 Å². The summed E-state index contributed by atoms with van der Waals surface area (Å²) in [5.41, 5.74) is -0.255. The molecule has 0 aliphatic rings. The van der Waals surface area contributed by atoms with Gasteiger partial charge in [-0.3, -0.25) is 4.79 Å². The van der Waals surface area contributed by atoms with Crippen molar-refractivity contribution in [2.45, 2.75) is 12.8 Å². The standard InChI is InChI=1S/C5H6O4.C5H8O3/c1-3(5(8)9)2-4(6)7;1-4(2-3-6)5(7)8/h1-2H2,(H,6,7)(H,8,9);6H,1-3H2,(H,7,8). The number of aliphatic hydroxyl groups excluding tert-OH is 1. The van der Waals surface area contributed by atoms with Crippen molar-refractivity contribution >= 4 is 17.9 Å². The van der Waals surface area contributed by atoms with Gasteiger partial charge in [-0.1, -0.05) is 13.2 Å². The maximum absolute atomic E-state index is 9.88. The van der Waals surface area contributed by atoms with Gasteiger partial charge < -0.3 is 20.4 Å². The second kappa shape index (κ2) is 9.10. The average molecular weight is 246 g/mol. The zero-order chi connectivity index (χ0) is 14.0. The van der Waals surface area contributed by atoms with Crippen LogP contribution >= 0.6 is 0 Å². The second-order valence-corrected chi connectivity index (χ2v) is 2.86. The van der Waals surface area contributed by atoms with Crippen molar-refractivity contribution in [2.75, 3.05) is 6.61 Å². The number of aliphatic hydroxyl groups is 1. The first-order valence-corrected chi connectivity index (χ1v) is 4.37. The minimum absolute atomic E-state index is 0.0486. The Kier molecular flexibility index (Phi) is 9.24. The summed E-state index contributed by atoms with van der Waals surface area (Å²) in [5.74, 6) is -3.49. The molecule has 0 radical (unpaired) electrons. The molecule has 0 aromatic rings. The molecule has 0 aliphatic carbocycles. The van der Waals surface area contributed by atoms with Gasteiger partial charge in [0, 0.05) is 24.2 Å². The summed E-state index contributed by atoms with van der Waals surface area (Å²) >= 11 is 0. The van der Waals surface area contributed by atoms with E-state index in [1.807, 2.05) is 0 Å². The van der Waals surface area contributed by atoms with Crippen LogP contribution in [0.1, 0.15) is 12.8 Å². The Morgan fingerprint density at radius 2 is 1.29 bits per heavy atom. The molecular formula is C10H14O7. The molecule has 0 bridgehead atoms. The summed E-state index contributed by atoms with van der Waals surface area (Å²) in [6.07, 6.45) is -0.356. The summed E-state index contributed by atoms with van der Waals surface area (Å²) in [6.45, 7) is 6.05. The Hall–Kier alpha value is -2.15. The lowest BCUT2D eigenvalue weighted by Gasteiger charge is -1.91. The molecule has 7 nitrogen and oxygen atoms in total. The number of carboxylic acids is 3. The van der Waals surface area contributed by atoms with E-state index in [0.29, 0.717) is 0 Å². The van der Waals surface area contributed by atoms with Crippen LogP contribution in [-0.2, 0) is 14.4 Å². The van der Waals surface area contributed by atoms with E-state index in [4.69, 9.17) is 20.4 Å². The maximum Gasteiger partial charge on any atom is 0.331 e. The van der Waals surface area contributed by atoms with Gasteiger partial charge in [0.1, 0.15) is 0 Å². The van der Waals surface area contributed by atoms with Gasteiger partial charge in [0.05, 0.1) is 6.42 Å². The van der Waals surface area contributed by atoms with E-state index in [-0.39, 0.29) is 24.2 Å². The third kappa shape index (κ3) is 11.8. The molecule has 0 spiro atoms. The highest BCUT2D eigenvalue weighted by molar-refractivity contribution is 5.91. The third-order valence-electron chi connectivity index (χ3n) is 1.38. The second-order valence-electron chi connectivity index (χ2n) is 2.86. The highest BCUT2D eigenvalue weighted by Crippen LogP contribution is 1.95. The third-order valence-corrected chi connectivity index (χ3v) is 1.38. The van der Waals surface area contributed by atoms with Crippen molar-refractivity contribution in [1.82, 2.24) is 0 Å². The lowest BCUT2D eigenvalue weighted by atomic mass is 10.2. The molecule has 0 heterocycles. The Labute approximate surface area is 97.3 Å². The Balaban J connectivity index is 0. The monoisotopic (exact) mass is 246 g/mol. The summed E-state index contributed by atoms with van der Waals surface area (Å²) in [4.78, 5) is 29.5. The smallest absolute Gasteiger partial charge is 0.331 e. The SMILES string of the molecule is C=C(CC(=O)O)C(=O)O.C=C(CCO)C(=O)O. The number of carbonyl (C=O) groups is 3. The maximum atomic E-state index is 9.88. The highest BCUT2D eigenvalue weighted by atomic mass is 16.4. The predicted molar refractivity (Wildman–Crippen MR) is 57.5 cm³/mol. The number of aliphatic carboxylic acids is 3. The largest absolute Gasteiger partial charge is 0.481 e. The Morgan fingerprint density at radius 1 is 0.882 bits per heavy atom. The van der Waals surface area contributed by atoms with E-state index in [2.05, 4.69) is 13.2 Å². The molecule has 0 fully saturated rings. The van der Waals surface area contributed by atoms with E-state index in [1.165, 1.54) is 0 Å². The molecule has 4 N–H and O–H groups in total. The van der Waals surface area contributed by atoms with Crippen LogP contribution < -0.4 is 0 Å². The molecular weight excluding hydrogens is 232 g/mol. The van der Waals surface area contributed by atoms with Crippen LogP contribution in [0.5, 0.6) is 0 Å². The molecule has 96 valence electrons. The van der Waals surface area contributed by atoms with E-state index in [1.54, 1.807) is 0 Å². The highest BCUT2D eigenvalue weighted by Gasteiger charge is 2.07. The summed E-state index contributed by atoms with van der Waals surface area (Å²) in [5, 5.41) is 32.3. The predicted octanol–water partition coefficient (Wildman–Crippen LogP) is 0.111. The van der Waals surface area contributed by atoms with Gasteiger partial charge in [-0.2, -0.15) is 0 Å². The van der Waals surface area contributed by atoms with Crippen molar-refractivity contribution < 1.29 is 34.8 Å². The summed E-state index contributed by atoms with van der Waals surface area (Å²) in [7, 11) is 0. The van der Waals surface area contributed by atoms with Gasteiger partial charge in [0.2, 0.25) is 0 Å². The van der Waals surface area contributed by atoms with Gasteiger partial charge >= 0.3 is 17.9 Å². The topological polar surface area (TPSA) is 132 Å². The molecule has 0 saturated heterocycles. The van der Waals surface area contributed by atoms with Crippen molar-refractivity contribution in [3.8, 4) is 0 Å². The number of hydrogen-bond acceptors (Lipinski definition) is 4. The molecule has 0 aromatic carbocycles. The van der Waals surface area contributed by atoms with Gasteiger partial charge in [-0.25, -0.2) is 9.59 Å². The first kappa shape index (κ1) is 17.3. The van der Waals surface area contributed by atoms with Crippen LogP contribution in [-0.4, -0.2) is 44.9 Å². The van der Waals surface area contributed by atoms with Crippen LogP contribution in [0.3, 0.4) is 0 Å². The molecule has 7 heteroatoms. The normalized spacial score (nSPS) is 8.53. The van der Waals surface area contributed by atoms with Gasteiger partial charge in [-0.15, -0.1) is 0 Å². The van der Waals surface area contributed by atoms with Gasteiger partial charge in [0.15, 0.2) is 0 Å². The van der Waals surface area contributed by atoms with E-state index < -0.39 is 24.3 Å². The van der Waals surface area contributed by atoms with Crippen LogP contribution in [0.15, 0.2) is 24.3 Å². The molecule has 0 atom stereocenters. The zero-order valence-electron chi connectivity index (χ0n) is 9.05. The van der Waals surface area contributed by atoms with E-state index >= 15 is 0 Å². The van der Waals surface area contributed by atoms with Gasteiger partial charge in [0.25, 0.3) is 0 Å². The fourth-order valence-corrected chi connectivity index (χ4v) is 0.500. The lowest BCUT2D eigenvalue weighted by molar-refractivity contribution is -0.139. The van der Waals surface area contributed by atoms with Crippen molar-refractivity contribution in [3.63, 3.8) is 0 Å². The van der Waals surface area contributed by atoms with Crippen LogP contribution in [0.2, 0.25) is 0 Å². The molecule has 17 heavy (non-hydrogen) atoms. The van der Waals surface area contributed by atoms with Crippen LogP contribution in [0.4, 0.5) is 0 Å². The number of hydrogen-bond donors (Lipinski definition) is 4. The van der Waals surface area contributed by atoms with Crippen LogP contribution in [0.25, 0.3) is 0 Å². The Morgan fingerprint density at radius 3 is 1.41 bits per heavy atom. The molecule has 0 saturated carbocycles. The molecule has 0 amide bonds. The minimum atomic E-state index is -1.27. The van der Waals surface area contributed by atoms with E-state index in [0.717, 1.165) is 0 Å². The molecule has 0 rings (SSSR count). The number of rotatable bonds is 6. The molecule has 0 aliphatic heterocycles. The summed E-state index contributed by atoms with van der Waals surface area (Å²) < 4.78 is 0. The average Bonchev–Trinajstić information content (AvgIpc) is 2.17. The first-order valence-electron chi connectivity index (χ1n) is 4.37. The van der Waals surface area contributed by atoms with Crippen LogP contribution in [0, 0.1) is 0 Å². The van der Waals surface area contributed by atoms with Crippen molar-refractivity contribution in [1.29, 1.82) is 0 Å². The number of carboxylic acid groups (broad SMARTS) is 3. The first-order chi connectivity index (χ1) is 7.72. The lowest BCUT2D eigenvalue weighted by Crippen LogP contribution is -2.04. The fourth-order valence-electron chi connectivity index (χ4n) is 0.500. The van der Waals surface area contributed by atoms with Crippen molar-refractivity contribution in [3.05, 3.63) is 24.3 Å². The summed E-state index contributed by atoms with van der Waals surface area (Å²) in [6, 6.07) is 0. The zero-order valence-corrected chi connectivity index (χ0v) is 9.05. The van der Waals surface area contributed by atoms with Gasteiger partial charge in [-0.05, 0) is 0 Å². The quantitative estimate of drug-likeness (QED) is 0.489. The molecule has 0 unspecified atom stereocenters. The Bertz CT molecular complexity index is 330. The van der Waals surface area contributed by atoms with E-state index in [9.17, 15) is 14.4 Å².